The fourth-order valence-corrected chi connectivity index (χ4v) is 2.66. The number of anilines is 1. The van der Waals surface area contributed by atoms with Gasteiger partial charge >= 0.3 is 0 Å². The Morgan fingerprint density at radius 3 is 2.56 bits per heavy atom. The number of hydrogen-bond donors (Lipinski definition) is 1. The summed E-state index contributed by atoms with van der Waals surface area (Å²) in [6.45, 7) is 4.16. The van der Waals surface area contributed by atoms with Crippen molar-refractivity contribution in [3.8, 4) is 5.75 Å². The predicted octanol–water partition coefficient (Wildman–Crippen LogP) is 1.70. The molecular weight excluding hydrogens is 220 g/mol. The van der Waals surface area contributed by atoms with Crippen LogP contribution in [0.15, 0.2) is 24.3 Å². The van der Waals surface area contributed by atoms with Crippen LogP contribution in [0.1, 0.15) is 0 Å². The van der Waals surface area contributed by atoms with Crippen molar-refractivity contribution < 1.29 is 4.74 Å². The number of nitrogens with two attached hydrogens (primary N) is 1. The molecule has 0 radical (unpaired) electrons. The first-order valence-electron chi connectivity index (χ1n) is 5.63. The Kier molecular flexibility index (Phi) is 4.36. The molecule has 0 aliphatic carbocycles. The summed E-state index contributed by atoms with van der Waals surface area (Å²) in [6.07, 6.45) is 0. The Hall–Kier alpha value is -0.870. The van der Waals surface area contributed by atoms with Crippen LogP contribution < -0.4 is 10.5 Å². The molecular formula is C12H18N2OS. The van der Waals surface area contributed by atoms with E-state index in [-0.39, 0.29) is 0 Å². The average molecular weight is 238 g/mol. The SMILES string of the molecule is Nc1ccc(OCCN2CCSCC2)cc1. The monoisotopic (exact) mass is 238 g/mol. The summed E-state index contributed by atoms with van der Waals surface area (Å²) in [4.78, 5) is 2.45. The smallest absolute Gasteiger partial charge is 0.119 e. The molecule has 2 N–H and O–H groups in total. The zero-order valence-corrected chi connectivity index (χ0v) is 10.2. The van der Waals surface area contributed by atoms with Gasteiger partial charge in [-0.15, -0.1) is 0 Å². The maximum Gasteiger partial charge on any atom is 0.119 e. The molecule has 16 heavy (non-hydrogen) atoms. The molecule has 0 spiro atoms. The average Bonchev–Trinajstić information content (AvgIpc) is 2.33. The Labute approximate surface area is 101 Å². The van der Waals surface area contributed by atoms with Crippen molar-refractivity contribution in [2.75, 3.05) is 43.5 Å². The summed E-state index contributed by atoms with van der Waals surface area (Å²) in [5, 5.41) is 0. The van der Waals surface area contributed by atoms with E-state index in [0.29, 0.717) is 0 Å². The van der Waals surface area contributed by atoms with E-state index in [1.54, 1.807) is 0 Å². The highest BCUT2D eigenvalue weighted by atomic mass is 32.2. The van der Waals surface area contributed by atoms with E-state index in [4.69, 9.17) is 10.5 Å². The minimum absolute atomic E-state index is 0.759. The molecule has 1 fully saturated rings. The maximum atomic E-state index is 5.66. The second-order valence-electron chi connectivity index (χ2n) is 3.87. The molecule has 1 saturated heterocycles. The van der Waals surface area contributed by atoms with Gasteiger partial charge in [-0.05, 0) is 24.3 Å². The topological polar surface area (TPSA) is 38.5 Å². The number of nitrogen functional groups attached to an aromatic ring is 1. The standard InChI is InChI=1S/C12H18N2OS/c13-11-1-3-12(4-2-11)15-8-5-14-6-9-16-10-7-14/h1-4H,5-10,13H2. The fraction of sp³-hybridized carbons (Fsp3) is 0.500. The molecule has 0 atom stereocenters. The quantitative estimate of drug-likeness (QED) is 0.810. The minimum Gasteiger partial charge on any atom is -0.492 e. The van der Waals surface area contributed by atoms with Crippen molar-refractivity contribution in [2.45, 2.75) is 0 Å². The molecule has 0 amide bonds. The van der Waals surface area contributed by atoms with Gasteiger partial charge in [-0.3, -0.25) is 4.90 Å². The number of benzene rings is 1. The van der Waals surface area contributed by atoms with Gasteiger partial charge in [0, 0.05) is 36.8 Å². The highest BCUT2D eigenvalue weighted by Gasteiger charge is 2.09. The molecule has 1 aliphatic heterocycles. The lowest BCUT2D eigenvalue weighted by Crippen LogP contribution is -2.35. The van der Waals surface area contributed by atoms with E-state index in [0.717, 1.165) is 24.6 Å². The molecule has 0 unspecified atom stereocenters. The van der Waals surface area contributed by atoms with E-state index in [1.807, 2.05) is 36.0 Å². The molecule has 1 heterocycles. The van der Waals surface area contributed by atoms with Crippen LogP contribution in [-0.4, -0.2) is 42.6 Å². The Bertz CT molecular complexity index is 309. The van der Waals surface area contributed by atoms with Crippen molar-refractivity contribution in [1.29, 1.82) is 0 Å². The first-order chi connectivity index (χ1) is 7.84. The van der Waals surface area contributed by atoms with Crippen molar-refractivity contribution in [3.63, 3.8) is 0 Å². The van der Waals surface area contributed by atoms with Crippen molar-refractivity contribution in [1.82, 2.24) is 4.90 Å². The van der Waals surface area contributed by atoms with Crippen LogP contribution in [0.2, 0.25) is 0 Å². The zero-order valence-electron chi connectivity index (χ0n) is 9.39. The predicted molar refractivity (Wildman–Crippen MR) is 70.1 cm³/mol. The molecule has 0 saturated carbocycles. The number of nitrogens with zero attached hydrogens (tertiary/aromatic N) is 1. The normalized spacial score (nSPS) is 17.2. The van der Waals surface area contributed by atoms with E-state index >= 15 is 0 Å². The number of hydrogen-bond acceptors (Lipinski definition) is 4. The van der Waals surface area contributed by atoms with Gasteiger partial charge in [0.05, 0.1) is 0 Å². The van der Waals surface area contributed by atoms with E-state index in [9.17, 15) is 0 Å². The van der Waals surface area contributed by atoms with Gasteiger partial charge in [-0.25, -0.2) is 0 Å². The van der Waals surface area contributed by atoms with Gasteiger partial charge in [0.15, 0.2) is 0 Å². The van der Waals surface area contributed by atoms with Crippen LogP contribution in [0.3, 0.4) is 0 Å². The lowest BCUT2D eigenvalue weighted by Gasteiger charge is -2.25. The van der Waals surface area contributed by atoms with Crippen molar-refractivity contribution >= 4 is 17.4 Å². The van der Waals surface area contributed by atoms with E-state index in [2.05, 4.69) is 4.90 Å². The van der Waals surface area contributed by atoms with Crippen LogP contribution >= 0.6 is 11.8 Å². The third-order valence-corrected chi connectivity index (χ3v) is 3.60. The minimum atomic E-state index is 0.759. The molecule has 0 aromatic heterocycles. The first kappa shape index (κ1) is 11.6. The van der Waals surface area contributed by atoms with Gasteiger partial charge in [0.2, 0.25) is 0 Å². The van der Waals surface area contributed by atoms with Gasteiger partial charge in [0.25, 0.3) is 0 Å². The fourth-order valence-electron chi connectivity index (χ4n) is 1.68. The Morgan fingerprint density at radius 1 is 1.19 bits per heavy atom. The molecule has 4 heteroatoms. The van der Waals surface area contributed by atoms with Gasteiger partial charge < -0.3 is 10.5 Å². The molecule has 3 nitrogen and oxygen atoms in total. The molecule has 1 aromatic rings. The molecule has 0 bridgehead atoms. The molecule has 88 valence electrons. The highest BCUT2D eigenvalue weighted by Crippen LogP contribution is 2.13. The third-order valence-electron chi connectivity index (χ3n) is 2.66. The first-order valence-corrected chi connectivity index (χ1v) is 6.78. The zero-order chi connectivity index (χ0) is 11.2. The van der Waals surface area contributed by atoms with E-state index < -0.39 is 0 Å². The number of ether oxygens (including phenoxy) is 1. The van der Waals surface area contributed by atoms with Crippen LogP contribution in [0.4, 0.5) is 5.69 Å². The van der Waals surface area contributed by atoms with Gasteiger partial charge in [-0.1, -0.05) is 0 Å². The summed E-state index contributed by atoms with van der Waals surface area (Å²) in [7, 11) is 0. The van der Waals surface area contributed by atoms with Crippen molar-refractivity contribution in [3.05, 3.63) is 24.3 Å². The van der Waals surface area contributed by atoms with Gasteiger partial charge in [0.1, 0.15) is 12.4 Å². The second kappa shape index (κ2) is 6.01. The summed E-state index contributed by atoms with van der Waals surface area (Å²) < 4.78 is 5.66. The maximum absolute atomic E-state index is 5.66. The lowest BCUT2D eigenvalue weighted by molar-refractivity contribution is 0.222. The number of rotatable bonds is 4. The summed E-state index contributed by atoms with van der Waals surface area (Å²) in [5.41, 5.74) is 6.38. The van der Waals surface area contributed by atoms with Gasteiger partial charge in [-0.2, -0.15) is 11.8 Å². The Morgan fingerprint density at radius 2 is 1.88 bits per heavy atom. The second-order valence-corrected chi connectivity index (χ2v) is 5.10. The summed E-state index contributed by atoms with van der Waals surface area (Å²) >= 11 is 2.03. The third kappa shape index (κ3) is 3.61. The van der Waals surface area contributed by atoms with Crippen LogP contribution in [-0.2, 0) is 0 Å². The van der Waals surface area contributed by atoms with Crippen LogP contribution in [0.25, 0.3) is 0 Å². The largest absolute Gasteiger partial charge is 0.492 e. The van der Waals surface area contributed by atoms with Crippen LogP contribution in [0, 0.1) is 0 Å². The van der Waals surface area contributed by atoms with Crippen LogP contribution in [0.5, 0.6) is 5.75 Å². The molecule has 1 aromatic carbocycles. The van der Waals surface area contributed by atoms with Crippen molar-refractivity contribution in [2.24, 2.45) is 0 Å². The van der Waals surface area contributed by atoms with E-state index in [1.165, 1.54) is 24.6 Å². The Balaban J connectivity index is 1.69. The molecule has 1 aliphatic rings. The summed E-state index contributed by atoms with van der Waals surface area (Å²) in [6, 6.07) is 7.57. The highest BCUT2D eigenvalue weighted by molar-refractivity contribution is 7.99. The number of thioether (sulfide) groups is 1. The molecule has 2 rings (SSSR count). The lowest BCUT2D eigenvalue weighted by atomic mass is 10.3. The summed E-state index contributed by atoms with van der Waals surface area (Å²) in [5.74, 6) is 3.41.